The third kappa shape index (κ3) is 1.99. The number of β-amino-alcohol motifs (C(OH)–C–C–N with tert-alkyl or cyclic N) is 1. The first-order chi connectivity index (χ1) is 8.36. The Balaban J connectivity index is 2.20. The van der Waals surface area contributed by atoms with Crippen molar-refractivity contribution in [2.24, 2.45) is 11.1 Å². The summed E-state index contributed by atoms with van der Waals surface area (Å²) in [6, 6.07) is -1.14. The number of amides is 1. The van der Waals surface area contributed by atoms with Crippen LogP contribution in [0.3, 0.4) is 0 Å². The molecule has 1 amide bonds. The Hall–Kier alpha value is -1.14. The quantitative estimate of drug-likeness (QED) is 0.621. The second kappa shape index (κ2) is 4.51. The Morgan fingerprint density at radius 3 is 2.61 bits per heavy atom. The van der Waals surface area contributed by atoms with Crippen molar-refractivity contribution < 1.29 is 19.8 Å². The van der Waals surface area contributed by atoms with Crippen molar-refractivity contribution in [3.63, 3.8) is 0 Å². The highest BCUT2D eigenvalue weighted by molar-refractivity contribution is 5.88. The lowest BCUT2D eigenvalue weighted by molar-refractivity contribution is -0.153. The molecule has 0 aromatic carbocycles. The molecule has 3 unspecified atom stereocenters. The molecule has 4 N–H and O–H groups in total. The van der Waals surface area contributed by atoms with E-state index in [1.54, 1.807) is 6.92 Å². The number of carboxylic acid groups (broad SMARTS) is 1. The lowest BCUT2D eigenvalue weighted by atomic mass is 9.83. The summed E-state index contributed by atoms with van der Waals surface area (Å²) in [6.07, 6.45) is 1.71. The monoisotopic (exact) mass is 256 g/mol. The van der Waals surface area contributed by atoms with E-state index in [-0.39, 0.29) is 24.9 Å². The molecule has 2 fully saturated rings. The predicted octanol–water partition coefficient (Wildman–Crippen LogP) is -0.450. The van der Waals surface area contributed by atoms with Gasteiger partial charge in [-0.3, -0.25) is 4.79 Å². The van der Waals surface area contributed by atoms with Crippen LogP contribution in [0.4, 0.5) is 0 Å². The third-order valence-electron chi connectivity index (χ3n) is 4.34. The summed E-state index contributed by atoms with van der Waals surface area (Å²) in [5.41, 5.74) is 5.30. The molecule has 6 heteroatoms. The molecule has 1 saturated heterocycles. The Bertz CT molecular complexity index is 373. The van der Waals surface area contributed by atoms with Crippen LogP contribution in [-0.2, 0) is 9.59 Å². The summed E-state index contributed by atoms with van der Waals surface area (Å²) in [5.74, 6) is -1.29. The zero-order chi connectivity index (χ0) is 13.5. The van der Waals surface area contributed by atoms with Gasteiger partial charge in [-0.05, 0) is 19.8 Å². The zero-order valence-corrected chi connectivity index (χ0v) is 10.5. The number of aliphatic carboxylic acids is 1. The van der Waals surface area contributed by atoms with Crippen molar-refractivity contribution in [2.45, 2.75) is 50.8 Å². The first-order valence-electron chi connectivity index (χ1n) is 6.34. The first-order valence-corrected chi connectivity index (χ1v) is 6.34. The standard InChI is InChI=1S/C12H20N2O4/c1-12(4-2-3-9(12)13)11(18)14-6-7(15)5-8(14)10(16)17/h7-9,15H,2-6,13H2,1H3,(H,16,17)/t7?,8-,9?,12?/m0/s1. The number of carbonyl (C=O) groups is 2. The van der Waals surface area contributed by atoms with Crippen LogP contribution in [0.15, 0.2) is 0 Å². The molecule has 0 radical (unpaired) electrons. The molecule has 102 valence electrons. The molecule has 0 aromatic rings. The molecule has 0 aromatic heterocycles. The third-order valence-corrected chi connectivity index (χ3v) is 4.34. The molecular formula is C12H20N2O4. The average Bonchev–Trinajstić information content (AvgIpc) is 2.83. The van der Waals surface area contributed by atoms with Crippen LogP contribution in [0.5, 0.6) is 0 Å². The van der Waals surface area contributed by atoms with E-state index in [2.05, 4.69) is 0 Å². The topological polar surface area (TPSA) is 104 Å². The number of hydrogen-bond donors (Lipinski definition) is 3. The number of rotatable bonds is 2. The summed E-state index contributed by atoms with van der Waals surface area (Å²) in [5, 5.41) is 18.7. The zero-order valence-electron chi connectivity index (χ0n) is 10.5. The molecule has 2 rings (SSSR count). The number of aliphatic hydroxyl groups is 1. The van der Waals surface area contributed by atoms with Gasteiger partial charge in [0.1, 0.15) is 6.04 Å². The number of carbonyl (C=O) groups excluding carboxylic acids is 1. The summed E-state index contributed by atoms with van der Waals surface area (Å²) in [7, 11) is 0. The van der Waals surface area contributed by atoms with Crippen LogP contribution in [-0.4, -0.2) is 51.7 Å². The van der Waals surface area contributed by atoms with Crippen LogP contribution < -0.4 is 5.73 Å². The van der Waals surface area contributed by atoms with Crippen LogP contribution >= 0.6 is 0 Å². The van der Waals surface area contributed by atoms with Crippen LogP contribution in [0, 0.1) is 5.41 Å². The maximum absolute atomic E-state index is 12.5. The summed E-state index contributed by atoms with van der Waals surface area (Å²) < 4.78 is 0. The number of aliphatic hydroxyl groups excluding tert-OH is 1. The Morgan fingerprint density at radius 1 is 1.44 bits per heavy atom. The van der Waals surface area contributed by atoms with E-state index in [4.69, 9.17) is 10.8 Å². The van der Waals surface area contributed by atoms with E-state index in [0.717, 1.165) is 12.8 Å². The second-order valence-electron chi connectivity index (χ2n) is 5.62. The Labute approximate surface area is 106 Å². The SMILES string of the molecule is CC1(C(=O)N2CC(O)C[C@H]2C(=O)O)CCCC1N. The second-order valence-corrected chi connectivity index (χ2v) is 5.62. The average molecular weight is 256 g/mol. The lowest BCUT2D eigenvalue weighted by Crippen LogP contribution is -2.52. The number of carboxylic acids is 1. The predicted molar refractivity (Wildman–Crippen MR) is 63.7 cm³/mol. The Morgan fingerprint density at radius 2 is 2.11 bits per heavy atom. The fraction of sp³-hybridized carbons (Fsp3) is 0.833. The van der Waals surface area contributed by atoms with Gasteiger partial charge in [0.2, 0.25) is 5.91 Å². The molecule has 1 heterocycles. The molecule has 0 bridgehead atoms. The Kier molecular flexibility index (Phi) is 3.33. The highest BCUT2D eigenvalue weighted by Gasteiger charge is 2.49. The molecule has 6 nitrogen and oxygen atoms in total. The number of likely N-dealkylation sites (tertiary alicyclic amines) is 1. The van der Waals surface area contributed by atoms with E-state index in [9.17, 15) is 14.7 Å². The van der Waals surface area contributed by atoms with E-state index in [1.165, 1.54) is 4.90 Å². The molecule has 4 atom stereocenters. The normalized spacial score (nSPS) is 40.2. The van der Waals surface area contributed by atoms with Crippen molar-refractivity contribution in [2.75, 3.05) is 6.54 Å². The molecule has 2 aliphatic rings. The largest absolute Gasteiger partial charge is 0.480 e. The number of nitrogens with zero attached hydrogens (tertiary/aromatic N) is 1. The van der Waals surface area contributed by atoms with Gasteiger partial charge in [0.15, 0.2) is 0 Å². The van der Waals surface area contributed by atoms with Gasteiger partial charge in [0.25, 0.3) is 0 Å². The smallest absolute Gasteiger partial charge is 0.326 e. The molecule has 1 aliphatic heterocycles. The minimum atomic E-state index is -1.06. The highest BCUT2D eigenvalue weighted by atomic mass is 16.4. The van der Waals surface area contributed by atoms with Crippen molar-refractivity contribution in [3.8, 4) is 0 Å². The van der Waals surface area contributed by atoms with E-state index in [1.807, 2.05) is 0 Å². The first kappa shape index (κ1) is 13.3. The molecular weight excluding hydrogens is 236 g/mol. The van der Waals surface area contributed by atoms with Crippen molar-refractivity contribution >= 4 is 11.9 Å². The molecule has 1 aliphatic carbocycles. The van der Waals surface area contributed by atoms with Gasteiger partial charge in [0.05, 0.1) is 11.5 Å². The van der Waals surface area contributed by atoms with Crippen LogP contribution in [0.2, 0.25) is 0 Å². The number of nitrogens with two attached hydrogens (primary N) is 1. The fourth-order valence-electron chi connectivity index (χ4n) is 3.06. The molecule has 1 saturated carbocycles. The van der Waals surface area contributed by atoms with Crippen molar-refractivity contribution in [1.29, 1.82) is 0 Å². The highest BCUT2D eigenvalue weighted by Crippen LogP contribution is 2.39. The van der Waals surface area contributed by atoms with E-state index in [0.29, 0.717) is 6.42 Å². The molecule has 0 spiro atoms. The lowest BCUT2D eigenvalue weighted by Gasteiger charge is -2.34. The van der Waals surface area contributed by atoms with Gasteiger partial charge in [-0.25, -0.2) is 4.79 Å². The summed E-state index contributed by atoms with van der Waals surface area (Å²) in [4.78, 5) is 24.9. The maximum Gasteiger partial charge on any atom is 0.326 e. The molecule has 18 heavy (non-hydrogen) atoms. The summed E-state index contributed by atoms with van der Waals surface area (Å²) >= 11 is 0. The van der Waals surface area contributed by atoms with Gasteiger partial charge < -0.3 is 20.8 Å². The van der Waals surface area contributed by atoms with Gasteiger partial charge in [-0.1, -0.05) is 6.42 Å². The van der Waals surface area contributed by atoms with Crippen molar-refractivity contribution in [3.05, 3.63) is 0 Å². The van der Waals surface area contributed by atoms with E-state index < -0.39 is 23.5 Å². The van der Waals surface area contributed by atoms with Gasteiger partial charge in [-0.15, -0.1) is 0 Å². The minimum Gasteiger partial charge on any atom is -0.480 e. The van der Waals surface area contributed by atoms with Gasteiger partial charge in [0, 0.05) is 19.0 Å². The van der Waals surface area contributed by atoms with Crippen LogP contribution in [0.25, 0.3) is 0 Å². The fourth-order valence-corrected chi connectivity index (χ4v) is 3.06. The van der Waals surface area contributed by atoms with Crippen LogP contribution in [0.1, 0.15) is 32.6 Å². The van der Waals surface area contributed by atoms with Crippen molar-refractivity contribution in [1.82, 2.24) is 4.90 Å². The minimum absolute atomic E-state index is 0.0953. The number of hydrogen-bond acceptors (Lipinski definition) is 4. The maximum atomic E-state index is 12.5. The van der Waals surface area contributed by atoms with E-state index >= 15 is 0 Å². The summed E-state index contributed by atoms with van der Waals surface area (Å²) in [6.45, 7) is 1.90. The van der Waals surface area contributed by atoms with Gasteiger partial charge >= 0.3 is 5.97 Å². The van der Waals surface area contributed by atoms with Gasteiger partial charge in [-0.2, -0.15) is 0 Å².